The van der Waals surface area contributed by atoms with E-state index < -0.39 is 17.9 Å². The number of carbonyl (C=O) groups excluding carboxylic acids is 2. The highest BCUT2D eigenvalue weighted by Gasteiger charge is 2.17. The number of aromatic nitrogens is 1. The lowest BCUT2D eigenvalue weighted by Crippen LogP contribution is -2.44. The van der Waals surface area contributed by atoms with E-state index in [4.69, 9.17) is 5.73 Å². The molecule has 0 saturated heterocycles. The zero-order valence-electron chi connectivity index (χ0n) is 10.6. The molecule has 5 heteroatoms. The molecule has 19 heavy (non-hydrogen) atoms. The number of rotatable bonds is 4. The van der Waals surface area contributed by atoms with Gasteiger partial charge in [0.2, 0.25) is 5.91 Å². The summed E-state index contributed by atoms with van der Waals surface area (Å²) in [6, 6.07) is 10.3. The van der Waals surface area contributed by atoms with Gasteiger partial charge in [0.05, 0.1) is 5.52 Å². The summed E-state index contributed by atoms with van der Waals surface area (Å²) in [7, 11) is 0. The van der Waals surface area contributed by atoms with E-state index >= 15 is 0 Å². The Morgan fingerprint density at radius 1 is 1.26 bits per heavy atom. The van der Waals surface area contributed by atoms with E-state index in [0.29, 0.717) is 6.42 Å². The number of primary amides is 1. The second-order valence-electron chi connectivity index (χ2n) is 4.23. The van der Waals surface area contributed by atoms with Crippen molar-refractivity contribution in [3.8, 4) is 0 Å². The number of nitrogens with zero attached hydrogens (tertiary/aromatic N) is 1. The summed E-state index contributed by atoms with van der Waals surface area (Å²) in [6.07, 6.45) is 0.453. The summed E-state index contributed by atoms with van der Waals surface area (Å²) in [6.45, 7) is 1.78. The predicted molar refractivity (Wildman–Crippen MR) is 72.5 cm³/mol. The average Bonchev–Trinajstić information content (AvgIpc) is 2.43. The Hall–Kier alpha value is -2.43. The van der Waals surface area contributed by atoms with Crippen LogP contribution in [0.5, 0.6) is 0 Å². The van der Waals surface area contributed by atoms with Crippen molar-refractivity contribution in [2.75, 3.05) is 0 Å². The molecule has 98 valence electrons. The molecule has 0 aliphatic carbocycles. The number of para-hydroxylation sites is 1. The third-order valence-electron chi connectivity index (χ3n) is 2.89. The van der Waals surface area contributed by atoms with Crippen LogP contribution in [-0.2, 0) is 4.79 Å². The number of benzene rings is 1. The maximum Gasteiger partial charge on any atom is 0.270 e. The molecule has 1 atom stereocenters. The maximum absolute atomic E-state index is 12.0. The summed E-state index contributed by atoms with van der Waals surface area (Å²) in [5.41, 5.74) is 6.20. The number of pyridine rings is 1. The fraction of sp³-hybridized carbons (Fsp3) is 0.214. The fourth-order valence-electron chi connectivity index (χ4n) is 1.80. The van der Waals surface area contributed by atoms with Crippen LogP contribution < -0.4 is 11.1 Å². The molecule has 0 aliphatic heterocycles. The van der Waals surface area contributed by atoms with Crippen molar-refractivity contribution in [2.45, 2.75) is 19.4 Å². The Morgan fingerprint density at radius 2 is 2.00 bits per heavy atom. The van der Waals surface area contributed by atoms with Crippen LogP contribution in [0, 0.1) is 0 Å². The highest BCUT2D eigenvalue weighted by Crippen LogP contribution is 2.11. The number of amides is 2. The minimum absolute atomic E-state index is 0.276. The van der Waals surface area contributed by atoms with Crippen molar-refractivity contribution in [3.05, 3.63) is 42.1 Å². The van der Waals surface area contributed by atoms with Gasteiger partial charge in [-0.25, -0.2) is 4.98 Å². The summed E-state index contributed by atoms with van der Waals surface area (Å²) in [5, 5.41) is 3.53. The lowest BCUT2D eigenvalue weighted by atomic mass is 10.2. The minimum Gasteiger partial charge on any atom is -0.368 e. The van der Waals surface area contributed by atoms with Gasteiger partial charge in [-0.15, -0.1) is 0 Å². The molecule has 0 aliphatic rings. The van der Waals surface area contributed by atoms with Gasteiger partial charge in [0.1, 0.15) is 11.7 Å². The Bertz CT molecular complexity index is 625. The molecule has 1 heterocycles. The first kappa shape index (κ1) is 13.0. The molecule has 0 radical (unpaired) electrons. The largest absolute Gasteiger partial charge is 0.368 e. The highest BCUT2D eigenvalue weighted by molar-refractivity contribution is 5.97. The predicted octanol–water partition coefficient (Wildman–Crippen LogP) is 1.23. The summed E-state index contributed by atoms with van der Waals surface area (Å²) in [5.74, 6) is -0.937. The summed E-state index contributed by atoms with van der Waals surface area (Å²) < 4.78 is 0. The number of nitrogens with two attached hydrogens (primary N) is 1. The average molecular weight is 257 g/mol. The number of nitrogens with one attached hydrogen (secondary N) is 1. The Balaban J connectivity index is 2.24. The van der Waals surface area contributed by atoms with Crippen LogP contribution in [0.2, 0.25) is 0 Å². The summed E-state index contributed by atoms with van der Waals surface area (Å²) in [4.78, 5) is 27.3. The van der Waals surface area contributed by atoms with Gasteiger partial charge in [0.25, 0.3) is 5.91 Å². The quantitative estimate of drug-likeness (QED) is 0.863. The molecule has 1 aromatic heterocycles. The molecule has 0 unspecified atom stereocenters. The van der Waals surface area contributed by atoms with Crippen molar-refractivity contribution in [3.63, 3.8) is 0 Å². The van der Waals surface area contributed by atoms with Crippen LogP contribution in [0.4, 0.5) is 0 Å². The Kier molecular flexibility index (Phi) is 3.75. The van der Waals surface area contributed by atoms with Gasteiger partial charge in [0, 0.05) is 5.39 Å². The highest BCUT2D eigenvalue weighted by atomic mass is 16.2. The molecule has 2 aromatic rings. The van der Waals surface area contributed by atoms with Crippen molar-refractivity contribution in [2.24, 2.45) is 5.73 Å². The van der Waals surface area contributed by atoms with Crippen molar-refractivity contribution in [1.82, 2.24) is 10.3 Å². The van der Waals surface area contributed by atoms with Crippen LogP contribution in [0.15, 0.2) is 36.4 Å². The van der Waals surface area contributed by atoms with E-state index in [0.717, 1.165) is 10.9 Å². The van der Waals surface area contributed by atoms with Crippen molar-refractivity contribution in [1.29, 1.82) is 0 Å². The first-order valence-electron chi connectivity index (χ1n) is 6.07. The van der Waals surface area contributed by atoms with Crippen LogP contribution >= 0.6 is 0 Å². The van der Waals surface area contributed by atoms with E-state index in [1.165, 1.54) is 0 Å². The van der Waals surface area contributed by atoms with Crippen molar-refractivity contribution < 1.29 is 9.59 Å². The smallest absolute Gasteiger partial charge is 0.270 e. The zero-order valence-corrected chi connectivity index (χ0v) is 10.6. The number of hydrogen-bond donors (Lipinski definition) is 2. The van der Waals surface area contributed by atoms with Crippen LogP contribution in [-0.4, -0.2) is 22.8 Å². The normalized spacial score (nSPS) is 12.1. The molecule has 0 bridgehead atoms. The van der Waals surface area contributed by atoms with Gasteiger partial charge >= 0.3 is 0 Å². The van der Waals surface area contributed by atoms with Gasteiger partial charge in [0.15, 0.2) is 0 Å². The van der Waals surface area contributed by atoms with E-state index in [2.05, 4.69) is 10.3 Å². The Labute approximate surface area is 110 Å². The molecule has 2 amide bonds. The van der Waals surface area contributed by atoms with E-state index in [-0.39, 0.29) is 5.69 Å². The molecular formula is C14H15N3O2. The topological polar surface area (TPSA) is 85.1 Å². The first-order chi connectivity index (χ1) is 9.11. The zero-order chi connectivity index (χ0) is 13.8. The molecule has 1 aromatic carbocycles. The standard InChI is InChI=1S/C14H15N3O2/c1-2-10(13(15)18)17-14(19)12-8-7-9-5-3-4-6-11(9)16-12/h3-8,10H,2H2,1H3,(H2,15,18)(H,17,19)/t10-/m0/s1. The van der Waals surface area contributed by atoms with Crippen LogP contribution in [0.1, 0.15) is 23.8 Å². The lowest BCUT2D eigenvalue weighted by molar-refractivity contribution is -0.119. The number of hydrogen-bond acceptors (Lipinski definition) is 3. The minimum atomic E-state index is -0.666. The monoisotopic (exact) mass is 257 g/mol. The molecule has 2 rings (SSSR count). The fourth-order valence-corrected chi connectivity index (χ4v) is 1.80. The van der Waals surface area contributed by atoms with E-state index in [9.17, 15) is 9.59 Å². The molecule has 0 fully saturated rings. The van der Waals surface area contributed by atoms with Gasteiger partial charge in [-0.05, 0) is 18.6 Å². The van der Waals surface area contributed by atoms with Crippen LogP contribution in [0.3, 0.4) is 0 Å². The van der Waals surface area contributed by atoms with Gasteiger partial charge in [-0.2, -0.15) is 0 Å². The summed E-state index contributed by atoms with van der Waals surface area (Å²) >= 11 is 0. The second kappa shape index (κ2) is 5.48. The number of fused-ring (bicyclic) bond motifs is 1. The first-order valence-corrected chi connectivity index (χ1v) is 6.07. The third kappa shape index (κ3) is 2.88. The van der Waals surface area contributed by atoms with Crippen molar-refractivity contribution >= 4 is 22.7 Å². The van der Waals surface area contributed by atoms with Gasteiger partial charge in [-0.3, -0.25) is 9.59 Å². The number of carbonyl (C=O) groups is 2. The van der Waals surface area contributed by atoms with Crippen LogP contribution in [0.25, 0.3) is 10.9 Å². The molecular weight excluding hydrogens is 242 g/mol. The maximum atomic E-state index is 12.0. The molecule has 3 N–H and O–H groups in total. The van der Waals surface area contributed by atoms with Gasteiger partial charge < -0.3 is 11.1 Å². The molecule has 0 spiro atoms. The SMILES string of the molecule is CC[C@H](NC(=O)c1ccc2ccccc2n1)C(N)=O. The molecule has 0 saturated carbocycles. The third-order valence-corrected chi connectivity index (χ3v) is 2.89. The Morgan fingerprint density at radius 3 is 2.68 bits per heavy atom. The lowest BCUT2D eigenvalue weighted by Gasteiger charge is -2.12. The second-order valence-corrected chi connectivity index (χ2v) is 4.23. The van der Waals surface area contributed by atoms with E-state index in [1.54, 1.807) is 13.0 Å². The van der Waals surface area contributed by atoms with Gasteiger partial charge in [-0.1, -0.05) is 31.2 Å². The van der Waals surface area contributed by atoms with E-state index in [1.807, 2.05) is 30.3 Å². The molecule has 5 nitrogen and oxygen atoms in total.